The highest BCUT2D eigenvalue weighted by Crippen LogP contribution is 2.16. The summed E-state index contributed by atoms with van der Waals surface area (Å²) in [6.07, 6.45) is 93.9. The van der Waals surface area contributed by atoms with E-state index in [9.17, 15) is 14.4 Å². The number of allylic oxidation sites excluding steroid dienone is 18. The minimum absolute atomic E-state index is 0.0836. The van der Waals surface area contributed by atoms with Gasteiger partial charge in [-0.1, -0.05) is 297 Å². The largest absolute Gasteiger partial charge is 0.462 e. The second-order valence-corrected chi connectivity index (χ2v) is 22.7. The van der Waals surface area contributed by atoms with Crippen molar-refractivity contribution in [2.24, 2.45) is 0 Å². The van der Waals surface area contributed by atoms with E-state index in [-0.39, 0.29) is 31.1 Å². The van der Waals surface area contributed by atoms with E-state index in [4.69, 9.17) is 14.2 Å². The van der Waals surface area contributed by atoms with Gasteiger partial charge in [-0.05, 0) is 122 Å². The topological polar surface area (TPSA) is 78.9 Å². The molecule has 0 aliphatic carbocycles. The molecule has 81 heavy (non-hydrogen) atoms. The molecular weight excluding hydrogens is 997 g/mol. The van der Waals surface area contributed by atoms with Gasteiger partial charge >= 0.3 is 17.9 Å². The lowest BCUT2D eigenvalue weighted by molar-refractivity contribution is -0.167. The number of carbonyl (C=O) groups excluding carboxylic acids is 3. The van der Waals surface area contributed by atoms with Gasteiger partial charge in [0, 0.05) is 19.3 Å². The molecule has 6 nitrogen and oxygen atoms in total. The molecule has 0 amide bonds. The highest BCUT2D eigenvalue weighted by Gasteiger charge is 2.19. The highest BCUT2D eigenvalue weighted by atomic mass is 16.6. The summed E-state index contributed by atoms with van der Waals surface area (Å²) >= 11 is 0. The van der Waals surface area contributed by atoms with Crippen molar-refractivity contribution in [3.05, 3.63) is 109 Å². The van der Waals surface area contributed by atoms with Crippen LogP contribution in [0.25, 0.3) is 0 Å². The third-order valence-electron chi connectivity index (χ3n) is 14.7. The Kier molecular flexibility index (Phi) is 65.2. The fourth-order valence-corrected chi connectivity index (χ4v) is 9.58. The summed E-state index contributed by atoms with van der Waals surface area (Å²) in [6.45, 7) is 6.49. The third-order valence-corrected chi connectivity index (χ3v) is 14.7. The van der Waals surface area contributed by atoms with E-state index in [1.807, 2.05) is 0 Å². The normalized spacial score (nSPS) is 12.8. The maximum Gasteiger partial charge on any atom is 0.306 e. The van der Waals surface area contributed by atoms with Crippen molar-refractivity contribution >= 4 is 17.9 Å². The molecule has 0 aliphatic heterocycles. The van der Waals surface area contributed by atoms with Crippen LogP contribution in [0.2, 0.25) is 0 Å². The van der Waals surface area contributed by atoms with Gasteiger partial charge < -0.3 is 14.2 Å². The fourth-order valence-electron chi connectivity index (χ4n) is 9.58. The van der Waals surface area contributed by atoms with Crippen LogP contribution in [0, 0.1) is 0 Å². The maximum atomic E-state index is 12.9. The van der Waals surface area contributed by atoms with Crippen molar-refractivity contribution in [1.29, 1.82) is 0 Å². The molecule has 1 unspecified atom stereocenters. The van der Waals surface area contributed by atoms with Crippen molar-refractivity contribution in [3.8, 4) is 0 Å². The fraction of sp³-hybridized carbons (Fsp3) is 0.720. The zero-order valence-corrected chi connectivity index (χ0v) is 53.3. The Morgan fingerprint density at radius 2 is 0.494 bits per heavy atom. The van der Waals surface area contributed by atoms with E-state index in [2.05, 4.69) is 130 Å². The summed E-state index contributed by atoms with van der Waals surface area (Å²) in [5.41, 5.74) is 0. The van der Waals surface area contributed by atoms with Gasteiger partial charge in [0.05, 0.1) is 0 Å². The van der Waals surface area contributed by atoms with E-state index in [0.29, 0.717) is 19.3 Å². The quantitative estimate of drug-likeness (QED) is 0.0261. The Morgan fingerprint density at radius 1 is 0.259 bits per heavy atom. The molecule has 0 aromatic rings. The van der Waals surface area contributed by atoms with Crippen molar-refractivity contribution in [2.75, 3.05) is 13.2 Å². The molecule has 0 aromatic carbocycles. The number of ether oxygens (including phenoxy) is 3. The first-order valence-corrected chi connectivity index (χ1v) is 34.4. The van der Waals surface area contributed by atoms with Crippen LogP contribution >= 0.6 is 0 Å². The van der Waals surface area contributed by atoms with Gasteiger partial charge in [-0.3, -0.25) is 14.4 Å². The van der Waals surface area contributed by atoms with Gasteiger partial charge in [-0.15, -0.1) is 0 Å². The molecule has 0 spiro atoms. The number of hydrogen-bond donors (Lipinski definition) is 0. The molecule has 0 saturated carbocycles. The average Bonchev–Trinajstić information content (AvgIpc) is 3.47. The SMILES string of the molecule is CC/C=C\C/C=C\C/C=C\C/C=C\C/C=C\CCCCCCCCCCCC(=O)OC(COC(=O)CCCCCCC/C=C\CCCC)COC(=O)CCCCCCCCCCCCCC/C=C\C/C=C\C/C=C\CCCCCCC. The van der Waals surface area contributed by atoms with Gasteiger partial charge in [-0.25, -0.2) is 0 Å². The van der Waals surface area contributed by atoms with Crippen LogP contribution in [-0.2, 0) is 28.6 Å². The number of hydrogen-bond acceptors (Lipinski definition) is 6. The predicted octanol–water partition coefficient (Wildman–Crippen LogP) is 23.8. The van der Waals surface area contributed by atoms with Gasteiger partial charge in [0.15, 0.2) is 6.10 Å². The molecule has 0 bridgehead atoms. The summed E-state index contributed by atoms with van der Waals surface area (Å²) in [5.74, 6) is -0.892. The first kappa shape index (κ1) is 77.1. The Balaban J connectivity index is 4.27. The standard InChI is InChI=1S/C75H128O6/c1-4-7-10-13-16-19-22-24-26-28-30-32-34-36-37-39-40-42-44-46-48-50-53-56-59-62-65-68-74(77)80-71-72(70-79-73(76)67-64-61-58-55-52-21-18-15-12-9-6-3)81-75(78)69-66-63-60-57-54-51-49-47-45-43-41-38-35-33-31-29-27-25-23-20-17-14-11-8-5-2/h8,11,15,17-18,20,22,24-25,27-28,30-31,33-34,36,38,41,72H,4-7,9-10,12-14,16,19,21,23,26,29,32,35,37,39-40,42-71H2,1-3H3/b11-8-,18-15-,20-17-,24-22-,27-25-,30-28-,33-31-,36-34-,41-38-. The van der Waals surface area contributed by atoms with Crippen LogP contribution in [0.3, 0.4) is 0 Å². The molecule has 0 N–H and O–H groups in total. The Labute approximate surface area is 501 Å². The minimum Gasteiger partial charge on any atom is -0.462 e. The molecule has 1 atom stereocenters. The smallest absolute Gasteiger partial charge is 0.306 e. The Morgan fingerprint density at radius 3 is 0.802 bits per heavy atom. The lowest BCUT2D eigenvalue weighted by Gasteiger charge is -2.18. The molecule has 0 heterocycles. The van der Waals surface area contributed by atoms with E-state index in [1.54, 1.807) is 0 Å². The summed E-state index contributed by atoms with van der Waals surface area (Å²) < 4.78 is 16.9. The second kappa shape index (κ2) is 68.6. The van der Waals surface area contributed by atoms with E-state index < -0.39 is 6.10 Å². The molecule has 464 valence electrons. The van der Waals surface area contributed by atoms with Gasteiger partial charge in [0.25, 0.3) is 0 Å². The van der Waals surface area contributed by atoms with Crippen LogP contribution in [0.5, 0.6) is 0 Å². The first-order chi connectivity index (χ1) is 40.0. The summed E-state index contributed by atoms with van der Waals surface area (Å²) in [4.78, 5) is 38.4. The molecular formula is C75H128O6. The molecule has 0 aromatic heterocycles. The molecule has 6 heteroatoms. The van der Waals surface area contributed by atoms with Crippen LogP contribution in [-0.4, -0.2) is 37.2 Å². The minimum atomic E-state index is -0.788. The molecule has 0 rings (SSSR count). The zero-order chi connectivity index (χ0) is 58.5. The maximum absolute atomic E-state index is 12.9. The van der Waals surface area contributed by atoms with Crippen molar-refractivity contribution in [3.63, 3.8) is 0 Å². The van der Waals surface area contributed by atoms with Gasteiger partial charge in [0.2, 0.25) is 0 Å². The number of unbranched alkanes of at least 4 members (excludes halogenated alkanes) is 33. The summed E-state index contributed by atoms with van der Waals surface area (Å²) in [6, 6.07) is 0. The average molecular weight is 1130 g/mol. The second-order valence-electron chi connectivity index (χ2n) is 22.7. The monoisotopic (exact) mass is 1120 g/mol. The Hall–Kier alpha value is -3.93. The third kappa shape index (κ3) is 66.8. The van der Waals surface area contributed by atoms with Crippen molar-refractivity contribution < 1.29 is 28.6 Å². The lowest BCUT2D eigenvalue weighted by atomic mass is 10.0. The van der Waals surface area contributed by atoms with E-state index >= 15 is 0 Å². The zero-order valence-electron chi connectivity index (χ0n) is 53.3. The van der Waals surface area contributed by atoms with Crippen molar-refractivity contribution in [2.45, 2.75) is 335 Å². The predicted molar refractivity (Wildman–Crippen MR) is 353 cm³/mol. The van der Waals surface area contributed by atoms with Gasteiger partial charge in [0.1, 0.15) is 13.2 Å². The highest BCUT2D eigenvalue weighted by molar-refractivity contribution is 5.71. The molecule has 0 aliphatic rings. The first-order valence-electron chi connectivity index (χ1n) is 34.4. The molecule has 0 fully saturated rings. The van der Waals surface area contributed by atoms with Crippen LogP contribution in [0.15, 0.2) is 109 Å². The number of rotatable bonds is 62. The van der Waals surface area contributed by atoms with Gasteiger partial charge in [-0.2, -0.15) is 0 Å². The van der Waals surface area contributed by atoms with Crippen LogP contribution in [0.4, 0.5) is 0 Å². The summed E-state index contributed by atoms with van der Waals surface area (Å²) in [7, 11) is 0. The van der Waals surface area contributed by atoms with E-state index in [0.717, 1.165) is 116 Å². The molecule has 0 saturated heterocycles. The lowest BCUT2D eigenvalue weighted by Crippen LogP contribution is -2.30. The number of carbonyl (C=O) groups is 3. The molecule has 0 radical (unpaired) electrons. The van der Waals surface area contributed by atoms with Crippen LogP contribution < -0.4 is 0 Å². The van der Waals surface area contributed by atoms with E-state index in [1.165, 1.54) is 173 Å². The number of esters is 3. The summed E-state index contributed by atoms with van der Waals surface area (Å²) in [5, 5.41) is 0. The van der Waals surface area contributed by atoms with Crippen LogP contribution in [0.1, 0.15) is 329 Å². The van der Waals surface area contributed by atoms with Crippen molar-refractivity contribution in [1.82, 2.24) is 0 Å². The Bertz CT molecular complexity index is 1620.